The van der Waals surface area contributed by atoms with Gasteiger partial charge in [-0.05, 0) is 40.0 Å². The van der Waals surface area contributed by atoms with Crippen molar-refractivity contribution >= 4 is 38.6 Å². The van der Waals surface area contributed by atoms with Crippen LogP contribution in [0.25, 0.3) is 11.0 Å². The highest BCUT2D eigenvalue weighted by Gasteiger charge is 2.13. The van der Waals surface area contributed by atoms with E-state index in [2.05, 4.69) is 40.0 Å². The van der Waals surface area contributed by atoms with Gasteiger partial charge in [-0.2, -0.15) is 0 Å². The second-order valence-corrected chi connectivity index (χ2v) is 6.05. The van der Waals surface area contributed by atoms with Crippen molar-refractivity contribution in [2.45, 2.75) is 19.3 Å². The third-order valence-electron chi connectivity index (χ3n) is 3.58. The van der Waals surface area contributed by atoms with Gasteiger partial charge in [0, 0.05) is 12.6 Å². The molecule has 0 N–H and O–H groups in total. The molecule has 0 radical (unpaired) electrons. The molecule has 0 bridgehead atoms. The van der Waals surface area contributed by atoms with Crippen LogP contribution in [-0.2, 0) is 12.4 Å². The van der Waals surface area contributed by atoms with Gasteiger partial charge in [0.05, 0.1) is 21.4 Å². The molecular weight excluding hydrogens is 355 g/mol. The Labute approximate surface area is 135 Å². The first-order chi connectivity index (χ1) is 10.1. The van der Waals surface area contributed by atoms with Crippen molar-refractivity contribution in [3.05, 3.63) is 63.6 Å². The van der Waals surface area contributed by atoms with Crippen LogP contribution in [0.1, 0.15) is 17.0 Å². The quantitative estimate of drug-likeness (QED) is 0.593. The number of benzene rings is 2. The Morgan fingerprint density at radius 3 is 2.76 bits per heavy atom. The summed E-state index contributed by atoms with van der Waals surface area (Å²) in [5, 5.41) is 0. The van der Waals surface area contributed by atoms with E-state index in [-0.39, 0.29) is 5.82 Å². The first kappa shape index (κ1) is 14.5. The van der Waals surface area contributed by atoms with Gasteiger partial charge in [-0.15, -0.1) is 11.6 Å². The third kappa shape index (κ3) is 2.70. The standard InChI is InChI=1S/C16H13BrClFN2/c1-10-4-2-3-5-11(10)9-21-15-6-12(17)13(19)7-14(15)20-16(21)8-18/h2-7H,8-9H2,1H3. The summed E-state index contributed by atoms with van der Waals surface area (Å²) in [4.78, 5) is 4.43. The van der Waals surface area contributed by atoms with E-state index in [0.717, 1.165) is 11.3 Å². The van der Waals surface area contributed by atoms with Crippen LogP contribution in [0.3, 0.4) is 0 Å². The van der Waals surface area contributed by atoms with Gasteiger partial charge in [0.25, 0.3) is 0 Å². The molecule has 0 aliphatic carbocycles. The molecule has 0 aliphatic heterocycles. The maximum absolute atomic E-state index is 13.7. The zero-order valence-electron chi connectivity index (χ0n) is 11.4. The van der Waals surface area contributed by atoms with Gasteiger partial charge in [-0.1, -0.05) is 24.3 Å². The lowest BCUT2D eigenvalue weighted by molar-refractivity contribution is 0.622. The van der Waals surface area contributed by atoms with Crippen molar-refractivity contribution in [3.8, 4) is 0 Å². The summed E-state index contributed by atoms with van der Waals surface area (Å²) < 4.78 is 16.1. The molecule has 0 unspecified atom stereocenters. The van der Waals surface area contributed by atoms with Crippen LogP contribution in [-0.4, -0.2) is 9.55 Å². The number of halogens is 3. The van der Waals surface area contributed by atoms with Crippen molar-refractivity contribution in [1.82, 2.24) is 9.55 Å². The molecule has 0 saturated carbocycles. The van der Waals surface area contributed by atoms with Gasteiger partial charge >= 0.3 is 0 Å². The molecule has 1 heterocycles. The van der Waals surface area contributed by atoms with Gasteiger partial charge < -0.3 is 4.57 Å². The number of imidazole rings is 1. The largest absolute Gasteiger partial charge is 0.322 e. The van der Waals surface area contributed by atoms with Gasteiger partial charge in [-0.3, -0.25) is 0 Å². The Morgan fingerprint density at radius 2 is 2.05 bits per heavy atom. The smallest absolute Gasteiger partial charge is 0.139 e. The highest BCUT2D eigenvalue weighted by Crippen LogP contribution is 2.26. The lowest BCUT2D eigenvalue weighted by atomic mass is 10.1. The van der Waals surface area contributed by atoms with E-state index in [0.29, 0.717) is 22.4 Å². The van der Waals surface area contributed by atoms with E-state index in [1.165, 1.54) is 17.2 Å². The van der Waals surface area contributed by atoms with Gasteiger partial charge in [0.15, 0.2) is 0 Å². The molecule has 0 amide bonds. The summed E-state index contributed by atoms with van der Waals surface area (Å²) in [6.07, 6.45) is 0. The molecule has 2 nitrogen and oxygen atoms in total. The van der Waals surface area contributed by atoms with Crippen molar-refractivity contribution in [3.63, 3.8) is 0 Å². The van der Waals surface area contributed by atoms with E-state index in [1.54, 1.807) is 6.07 Å². The fraction of sp³-hybridized carbons (Fsp3) is 0.188. The van der Waals surface area contributed by atoms with Crippen molar-refractivity contribution in [1.29, 1.82) is 0 Å². The number of alkyl halides is 1. The highest BCUT2D eigenvalue weighted by molar-refractivity contribution is 9.10. The number of nitrogens with zero attached hydrogens (tertiary/aromatic N) is 2. The maximum Gasteiger partial charge on any atom is 0.139 e. The van der Waals surface area contributed by atoms with Crippen LogP contribution in [0.4, 0.5) is 4.39 Å². The number of aromatic nitrogens is 2. The molecule has 108 valence electrons. The molecule has 3 aromatic rings. The van der Waals surface area contributed by atoms with Crippen LogP contribution in [0.2, 0.25) is 0 Å². The lowest BCUT2D eigenvalue weighted by Crippen LogP contribution is -2.05. The number of aryl methyl sites for hydroxylation is 1. The first-order valence-electron chi connectivity index (χ1n) is 6.55. The van der Waals surface area contributed by atoms with E-state index in [9.17, 15) is 4.39 Å². The minimum absolute atomic E-state index is 0.291. The Hall–Kier alpha value is -1.39. The number of rotatable bonds is 3. The fourth-order valence-electron chi connectivity index (χ4n) is 2.41. The van der Waals surface area contributed by atoms with E-state index in [4.69, 9.17) is 11.6 Å². The Morgan fingerprint density at radius 1 is 1.29 bits per heavy atom. The summed E-state index contributed by atoms with van der Waals surface area (Å²) in [5.74, 6) is 0.719. The molecule has 21 heavy (non-hydrogen) atoms. The Kier molecular flexibility index (Phi) is 4.00. The number of fused-ring (bicyclic) bond motifs is 1. The minimum Gasteiger partial charge on any atom is -0.322 e. The second-order valence-electron chi connectivity index (χ2n) is 4.93. The normalized spacial score (nSPS) is 11.2. The summed E-state index contributed by atoms with van der Waals surface area (Å²) in [7, 11) is 0. The average Bonchev–Trinajstić information content (AvgIpc) is 2.79. The summed E-state index contributed by atoms with van der Waals surface area (Å²) in [6, 6.07) is 11.4. The number of hydrogen-bond acceptors (Lipinski definition) is 1. The van der Waals surface area contributed by atoms with Crippen LogP contribution in [0.15, 0.2) is 40.9 Å². The molecule has 0 aliphatic rings. The van der Waals surface area contributed by atoms with Crippen LogP contribution >= 0.6 is 27.5 Å². The van der Waals surface area contributed by atoms with Gasteiger partial charge in [0.2, 0.25) is 0 Å². The predicted molar refractivity (Wildman–Crippen MR) is 87.2 cm³/mol. The van der Waals surface area contributed by atoms with Crippen LogP contribution in [0, 0.1) is 12.7 Å². The molecule has 3 rings (SSSR count). The summed E-state index contributed by atoms with van der Waals surface area (Å²) >= 11 is 9.23. The fourth-order valence-corrected chi connectivity index (χ4v) is 2.94. The topological polar surface area (TPSA) is 17.8 Å². The van der Waals surface area contributed by atoms with Crippen molar-refractivity contribution in [2.75, 3.05) is 0 Å². The Bertz CT molecular complexity index is 813. The number of hydrogen-bond donors (Lipinski definition) is 0. The highest BCUT2D eigenvalue weighted by atomic mass is 79.9. The van der Waals surface area contributed by atoms with Gasteiger partial charge in [0.1, 0.15) is 11.6 Å². The molecular formula is C16H13BrClFN2. The minimum atomic E-state index is -0.316. The van der Waals surface area contributed by atoms with Crippen molar-refractivity contribution in [2.24, 2.45) is 0 Å². The Balaban J connectivity index is 2.16. The molecule has 0 spiro atoms. The molecule has 2 aromatic carbocycles. The predicted octanol–water partition coefficient (Wildman–Crippen LogP) is 5.03. The van der Waals surface area contributed by atoms with Crippen LogP contribution in [0.5, 0.6) is 0 Å². The van der Waals surface area contributed by atoms with Crippen molar-refractivity contribution < 1.29 is 4.39 Å². The summed E-state index contributed by atoms with van der Waals surface area (Å²) in [6.45, 7) is 2.74. The lowest BCUT2D eigenvalue weighted by Gasteiger charge is -2.10. The second kappa shape index (κ2) is 5.78. The third-order valence-corrected chi connectivity index (χ3v) is 4.43. The molecule has 0 fully saturated rings. The monoisotopic (exact) mass is 366 g/mol. The van der Waals surface area contributed by atoms with E-state index >= 15 is 0 Å². The average molecular weight is 368 g/mol. The zero-order valence-corrected chi connectivity index (χ0v) is 13.7. The van der Waals surface area contributed by atoms with Gasteiger partial charge in [-0.25, -0.2) is 9.37 Å². The molecule has 1 aromatic heterocycles. The summed E-state index contributed by atoms with van der Waals surface area (Å²) in [5.41, 5.74) is 3.91. The van der Waals surface area contributed by atoms with E-state index in [1.807, 2.05) is 16.7 Å². The SMILES string of the molecule is Cc1ccccc1Cn1c(CCl)nc2cc(F)c(Br)cc21. The van der Waals surface area contributed by atoms with Crippen LogP contribution < -0.4 is 0 Å². The molecule has 0 saturated heterocycles. The zero-order chi connectivity index (χ0) is 15.0. The maximum atomic E-state index is 13.7. The molecule has 0 atom stereocenters. The molecule has 5 heteroatoms. The first-order valence-corrected chi connectivity index (χ1v) is 7.87. The van der Waals surface area contributed by atoms with E-state index < -0.39 is 0 Å².